The molecule has 3 aromatic carbocycles. The fourth-order valence-electron chi connectivity index (χ4n) is 2.32. The molecule has 124 valence electrons. The highest BCUT2D eigenvalue weighted by Gasteiger charge is 2.14. The Balaban J connectivity index is 1.65. The van der Waals surface area contributed by atoms with Crippen LogP contribution < -0.4 is 10.7 Å². The van der Waals surface area contributed by atoms with Crippen molar-refractivity contribution in [2.75, 3.05) is 5.32 Å². The lowest BCUT2D eigenvalue weighted by atomic mass is 10.1. The van der Waals surface area contributed by atoms with Gasteiger partial charge in [-0.15, -0.1) is 0 Å². The maximum Gasteiger partial charge on any atom is 0.329 e. The molecule has 2 amide bonds. The van der Waals surface area contributed by atoms with Crippen molar-refractivity contribution in [3.8, 4) is 0 Å². The fourth-order valence-corrected chi connectivity index (χ4v) is 2.73. The predicted molar refractivity (Wildman–Crippen MR) is 102 cm³/mol. The van der Waals surface area contributed by atoms with Gasteiger partial charge in [-0.25, -0.2) is 5.43 Å². The van der Waals surface area contributed by atoms with Gasteiger partial charge in [-0.1, -0.05) is 64.5 Å². The standard InChI is InChI=1S/C19H14BrN3O2/c20-15-8-3-5-13(11-15)12-21-23-19(25)18(24)22-17-10-4-7-14-6-1-2-9-16(14)17/h1-12H,(H,22,24)(H,23,25). The first kappa shape index (κ1) is 16.9. The van der Waals surface area contributed by atoms with E-state index in [-0.39, 0.29) is 0 Å². The fraction of sp³-hybridized carbons (Fsp3) is 0. The van der Waals surface area contributed by atoms with Crippen molar-refractivity contribution in [3.63, 3.8) is 0 Å². The van der Waals surface area contributed by atoms with Crippen molar-refractivity contribution in [1.29, 1.82) is 0 Å². The van der Waals surface area contributed by atoms with Crippen LogP contribution in [-0.4, -0.2) is 18.0 Å². The molecule has 0 atom stereocenters. The number of amides is 2. The molecule has 0 radical (unpaired) electrons. The van der Waals surface area contributed by atoms with E-state index in [1.165, 1.54) is 6.21 Å². The van der Waals surface area contributed by atoms with E-state index in [4.69, 9.17) is 0 Å². The van der Waals surface area contributed by atoms with Gasteiger partial charge in [0.05, 0.1) is 6.21 Å². The van der Waals surface area contributed by atoms with Gasteiger partial charge in [-0.05, 0) is 29.1 Å². The molecule has 25 heavy (non-hydrogen) atoms. The number of hydrogen-bond donors (Lipinski definition) is 2. The van der Waals surface area contributed by atoms with Gasteiger partial charge in [0.1, 0.15) is 0 Å². The number of nitrogens with zero attached hydrogens (tertiary/aromatic N) is 1. The minimum absolute atomic E-state index is 0.578. The van der Waals surface area contributed by atoms with Crippen molar-refractivity contribution < 1.29 is 9.59 Å². The molecule has 0 aliphatic heterocycles. The molecule has 0 fully saturated rings. The second-order valence-corrected chi connectivity index (χ2v) is 6.15. The summed E-state index contributed by atoms with van der Waals surface area (Å²) in [6.07, 6.45) is 1.47. The number of carbonyl (C=O) groups excluding carboxylic acids is 2. The second kappa shape index (κ2) is 7.72. The molecule has 0 aliphatic rings. The Labute approximate surface area is 152 Å². The molecular formula is C19H14BrN3O2. The highest BCUT2D eigenvalue weighted by atomic mass is 79.9. The highest BCUT2D eigenvalue weighted by Crippen LogP contribution is 2.22. The Hall–Kier alpha value is -2.99. The normalized spacial score (nSPS) is 10.8. The minimum Gasteiger partial charge on any atom is -0.317 e. The molecule has 0 bridgehead atoms. The molecule has 2 N–H and O–H groups in total. The van der Waals surface area contributed by atoms with Crippen LogP contribution in [-0.2, 0) is 9.59 Å². The molecule has 0 spiro atoms. The third-order valence-electron chi connectivity index (χ3n) is 3.47. The third-order valence-corrected chi connectivity index (χ3v) is 3.97. The van der Waals surface area contributed by atoms with Crippen LogP contribution in [0.1, 0.15) is 5.56 Å². The molecule has 0 aromatic heterocycles. The van der Waals surface area contributed by atoms with Crippen LogP contribution in [0.2, 0.25) is 0 Å². The largest absolute Gasteiger partial charge is 0.329 e. The number of nitrogens with one attached hydrogen (secondary N) is 2. The lowest BCUT2D eigenvalue weighted by Crippen LogP contribution is -2.32. The smallest absolute Gasteiger partial charge is 0.317 e. The molecular weight excluding hydrogens is 382 g/mol. The highest BCUT2D eigenvalue weighted by molar-refractivity contribution is 9.10. The first-order valence-electron chi connectivity index (χ1n) is 7.51. The average Bonchev–Trinajstić information content (AvgIpc) is 2.62. The monoisotopic (exact) mass is 395 g/mol. The Bertz CT molecular complexity index is 964. The van der Waals surface area contributed by atoms with Gasteiger partial charge >= 0.3 is 11.8 Å². The van der Waals surface area contributed by atoms with E-state index in [9.17, 15) is 9.59 Å². The van der Waals surface area contributed by atoms with E-state index in [1.54, 1.807) is 6.07 Å². The number of anilines is 1. The molecule has 0 saturated carbocycles. The summed E-state index contributed by atoms with van der Waals surface area (Å²) in [7, 11) is 0. The number of halogens is 1. The van der Waals surface area contributed by atoms with Gasteiger partial charge in [-0.2, -0.15) is 5.10 Å². The number of fused-ring (bicyclic) bond motifs is 1. The van der Waals surface area contributed by atoms with Crippen molar-refractivity contribution >= 4 is 50.4 Å². The van der Waals surface area contributed by atoms with Crippen molar-refractivity contribution in [2.45, 2.75) is 0 Å². The Morgan fingerprint density at radius 3 is 2.52 bits per heavy atom. The maximum atomic E-state index is 12.0. The summed E-state index contributed by atoms with van der Waals surface area (Å²) >= 11 is 3.35. The minimum atomic E-state index is -0.834. The van der Waals surface area contributed by atoms with E-state index in [0.717, 1.165) is 20.8 Å². The number of benzene rings is 3. The maximum absolute atomic E-state index is 12.0. The van der Waals surface area contributed by atoms with Gasteiger partial charge in [-0.3, -0.25) is 9.59 Å². The van der Waals surface area contributed by atoms with Gasteiger partial charge < -0.3 is 5.32 Å². The summed E-state index contributed by atoms with van der Waals surface area (Å²) in [4.78, 5) is 23.9. The number of rotatable bonds is 3. The number of hydrazone groups is 1. The zero-order chi connectivity index (χ0) is 17.6. The third kappa shape index (κ3) is 4.30. The summed E-state index contributed by atoms with van der Waals surface area (Å²) in [6, 6.07) is 20.5. The summed E-state index contributed by atoms with van der Waals surface area (Å²) in [5, 5.41) is 8.26. The van der Waals surface area contributed by atoms with Crippen molar-refractivity contribution in [3.05, 3.63) is 76.8 Å². The van der Waals surface area contributed by atoms with Gasteiger partial charge in [0.15, 0.2) is 0 Å². The van der Waals surface area contributed by atoms with Crippen molar-refractivity contribution in [1.82, 2.24) is 5.43 Å². The molecule has 5 nitrogen and oxygen atoms in total. The molecule has 6 heteroatoms. The first-order valence-corrected chi connectivity index (χ1v) is 8.30. The van der Waals surface area contributed by atoms with Gasteiger partial charge in [0.2, 0.25) is 0 Å². The Morgan fingerprint density at radius 1 is 0.920 bits per heavy atom. The molecule has 0 saturated heterocycles. The average molecular weight is 396 g/mol. The lowest BCUT2D eigenvalue weighted by molar-refractivity contribution is -0.136. The van der Waals surface area contributed by atoms with E-state index in [0.29, 0.717) is 5.69 Å². The summed E-state index contributed by atoms with van der Waals surface area (Å²) in [5.41, 5.74) is 3.60. The van der Waals surface area contributed by atoms with Crippen LogP contribution in [0.4, 0.5) is 5.69 Å². The van der Waals surface area contributed by atoms with E-state index in [1.807, 2.05) is 60.7 Å². The van der Waals surface area contributed by atoms with Crippen LogP contribution in [0, 0.1) is 0 Å². The van der Waals surface area contributed by atoms with Gasteiger partial charge in [0, 0.05) is 15.5 Å². The van der Waals surface area contributed by atoms with Crippen molar-refractivity contribution in [2.24, 2.45) is 5.10 Å². The zero-order valence-corrected chi connectivity index (χ0v) is 14.7. The topological polar surface area (TPSA) is 70.6 Å². The SMILES string of the molecule is O=C(NN=Cc1cccc(Br)c1)C(=O)Nc1cccc2ccccc12. The predicted octanol–water partition coefficient (Wildman–Crippen LogP) is 3.69. The summed E-state index contributed by atoms with van der Waals surface area (Å²) < 4.78 is 0.900. The van der Waals surface area contributed by atoms with Crippen LogP contribution in [0.15, 0.2) is 76.3 Å². The lowest BCUT2D eigenvalue weighted by Gasteiger charge is -2.07. The summed E-state index contributed by atoms with van der Waals surface area (Å²) in [6.45, 7) is 0. The van der Waals surface area contributed by atoms with Crippen LogP contribution in [0.5, 0.6) is 0 Å². The van der Waals surface area contributed by atoms with Crippen LogP contribution in [0.3, 0.4) is 0 Å². The van der Waals surface area contributed by atoms with E-state index >= 15 is 0 Å². The van der Waals surface area contributed by atoms with E-state index in [2.05, 4.69) is 31.8 Å². The quantitative estimate of drug-likeness (QED) is 0.403. The number of hydrogen-bond acceptors (Lipinski definition) is 3. The Morgan fingerprint density at radius 2 is 1.68 bits per heavy atom. The Kier molecular flexibility index (Phi) is 5.20. The second-order valence-electron chi connectivity index (χ2n) is 5.23. The number of carbonyl (C=O) groups is 2. The molecule has 3 rings (SSSR count). The molecule has 0 unspecified atom stereocenters. The molecule has 3 aromatic rings. The molecule has 0 heterocycles. The molecule has 0 aliphatic carbocycles. The summed E-state index contributed by atoms with van der Waals surface area (Å²) in [5.74, 6) is -1.61. The van der Waals surface area contributed by atoms with Gasteiger partial charge in [0.25, 0.3) is 0 Å². The van der Waals surface area contributed by atoms with E-state index < -0.39 is 11.8 Å². The van der Waals surface area contributed by atoms with Crippen LogP contribution >= 0.6 is 15.9 Å². The van der Waals surface area contributed by atoms with Crippen LogP contribution in [0.25, 0.3) is 10.8 Å². The first-order chi connectivity index (χ1) is 12.1. The zero-order valence-electron chi connectivity index (χ0n) is 13.1.